The molecule has 1 aliphatic carbocycles. The topological polar surface area (TPSA) is 66.9 Å². The first-order valence-corrected chi connectivity index (χ1v) is 14.5. The minimum Gasteiger partial charge on any atom is -0.454 e. The number of hydrogen-bond acceptors (Lipinski definition) is 4. The number of halogens is 3. The van der Waals surface area contributed by atoms with E-state index >= 15 is 0 Å². The predicted molar refractivity (Wildman–Crippen MR) is 138 cm³/mol. The van der Waals surface area contributed by atoms with Gasteiger partial charge in [0.2, 0.25) is 10.0 Å². The average molecular weight is 555 g/mol. The Labute approximate surface area is 221 Å². The highest BCUT2D eigenvalue weighted by molar-refractivity contribution is 7.90. The lowest BCUT2D eigenvalue weighted by molar-refractivity contribution is 0.00292. The van der Waals surface area contributed by atoms with Gasteiger partial charge >= 0.3 is 0 Å². The fourth-order valence-corrected chi connectivity index (χ4v) is 7.60. The van der Waals surface area contributed by atoms with Crippen molar-refractivity contribution < 1.29 is 22.3 Å². The molecule has 2 aliphatic heterocycles. The minimum absolute atomic E-state index is 0.0533. The van der Waals surface area contributed by atoms with E-state index < -0.39 is 15.8 Å². The molecular formula is C26H29Cl2FN2O4S. The lowest BCUT2D eigenvalue weighted by Gasteiger charge is -2.53. The number of hydrogen-bond donors (Lipinski definition) is 0. The number of sulfonamides is 1. The third-order valence-corrected chi connectivity index (χ3v) is 10.5. The molecule has 2 saturated heterocycles. The summed E-state index contributed by atoms with van der Waals surface area (Å²) in [7, 11) is -3.14. The summed E-state index contributed by atoms with van der Waals surface area (Å²) in [5, 5.41) is 0.105. The van der Waals surface area contributed by atoms with Crippen molar-refractivity contribution in [3.05, 3.63) is 57.3 Å². The molecule has 3 fully saturated rings. The van der Waals surface area contributed by atoms with Gasteiger partial charge < -0.3 is 9.64 Å². The molecule has 6 nitrogen and oxygen atoms in total. The Kier molecular flexibility index (Phi) is 6.77. The summed E-state index contributed by atoms with van der Waals surface area (Å²) in [6, 6.07) is 7.55. The quantitative estimate of drug-likeness (QED) is 0.434. The van der Waals surface area contributed by atoms with E-state index in [2.05, 4.69) is 0 Å². The van der Waals surface area contributed by atoms with Gasteiger partial charge in [0.1, 0.15) is 11.6 Å². The fourth-order valence-electron chi connectivity index (χ4n) is 5.02. The zero-order valence-corrected chi connectivity index (χ0v) is 22.6. The van der Waals surface area contributed by atoms with E-state index in [4.69, 9.17) is 27.9 Å². The van der Waals surface area contributed by atoms with E-state index in [0.717, 1.165) is 31.2 Å². The molecule has 2 aromatic rings. The number of amides is 1. The number of rotatable bonds is 6. The first kappa shape index (κ1) is 25.8. The molecule has 1 saturated carbocycles. The molecule has 0 bridgehead atoms. The number of ether oxygens (including phenoxy) is 1. The number of nitrogens with zero attached hydrogens (tertiary/aromatic N) is 2. The normalized spacial score (nSPS) is 20.0. The zero-order chi connectivity index (χ0) is 25.8. The molecule has 2 aromatic carbocycles. The molecule has 194 valence electrons. The summed E-state index contributed by atoms with van der Waals surface area (Å²) in [5.74, 6) is -0.209. The van der Waals surface area contributed by atoms with E-state index in [9.17, 15) is 17.6 Å². The molecule has 0 aromatic heterocycles. The minimum atomic E-state index is -3.14. The highest BCUT2D eigenvalue weighted by atomic mass is 35.5. The second-order valence-corrected chi connectivity index (χ2v) is 13.5. The van der Waals surface area contributed by atoms with Crippen molar-refractivity contribution >= 4 is 39.1 Å². The van der Waals surface area contributed by atoms with Gasteiger partial charge in [-0.25, -0.2) is 17.1 Å². The zero-order valence-electron chi connectivity index (χ0n) is 20.3. The van der Waals surface area contributed by atoms with Crippen LogP contribution in [0.3, 0.4) is 0 Å². The molecule has 36 heavy (non-hydrogen) atoms. The van der Waals surface area contributed by atoms with Crippen LogP contribution < -0.4 is 4.74 Å². The van der Waals surface area contributed by atoms with E-state index in [1.54, 1.807) is 27.4 Å². The van der Waals surface area contributed by atoms with Crippen molar-refractivity contribution in [2.75, 3.05) is 26.2 Å². The summed E-state index contributed by atoms with van der Waals surface area (Å²) >= 11 is 12.9. The Morgan fingerprint density at radius 3 is 2.39 bits per heavy atom. The molecule has 1 spiro atoms. The second-order valence-electron chi connectivity index (χ2n) is 10.5. The Morgan fingerprint density at radius 2 is 1.78 bits per heavy atom. The van der Waals surface area contributed by atoms with Crippen LogP contribution in [0.25, 0.3) is 0 Å². The third kappa shape index (κ3) is 4.85. The number of carbonyl (C=O) groups is 1. The summed E-state index contributed by atoms with van der Waals surface area (Å²) in [4.78, 5) is 15.1. The molecule has 0 radical (unpaired) electrons. The second kappa shape index (κ2) is 9.46. The van der Waals surface area contributed by atoms with Gasteiger partial charge in [0, 0.05) is 37.7 Å². The molecular weight excluding hydrogens is 526 g/mol. The van der Waals surface area contributed by atoms with Crippen LogP contribution in [0.5, 0.6) is 11.5 Å². The molecule has 10 heteroatoms. The van der Waals surface area contributed by atoms with Gasteiger partial charge in [0.25, 0.3) is 5.91 Å². The highest BCUT2D eigenvalue weighted by Gasteiger charge is 2.53. The first-order valence-electron chi connectivity index (χ1n) is 12.2. The Balaban J connectivity index is 1.28. The molecule has 0 N–H and O–H groups in total. The Hall–Kier alpha value is -1.87. The standard InChI is InChI=1S/C26H29Cl2FN2O4S/c1-16(2)17-11-18(29)13-19(12-17)35-24-22(27)6-5-21(23(24)28)25(32)30-9-7-26(8-10-30)14-31(15-26)36(33,34)20-3-4-20/h5-6,11-13,16,20H,3-4,7-10,14-15H2,1-2H3. The van der Waals surface area contributed by atoms with Gasteiger partial charge in [-0.05, 0) is 61.4 Å². The van der Waals surface area contributed by atoms with Crippen LogP contribution in [0, 0.1) is 11.2 Å². The fraction of sp³-hybridized carbons (Fsp3) is 0.500. The summed E-state index contributed by atoms with van der Waals surface area (Å²) in [5.41, 5.74) is 0.979. The van der Waals surface area contributed by atoms with Gasteiger partial charge in [0.05, 0.1) is 20.9 Å². The maximum Gasteiger partial charge on any atom is 0.255 e. The van der Waals surface area contributed by atoms with E-state index in [1.807, 2.05) is 13.8 Å². The highest BCUT2D eigenvalue weighted by Crippen LogP contribution is 2.46. The van der Waals surface area contributed by atoms with E-state index in [0.29, 0.717) is 26.2 Å². The van der Waals surface area contributed by atoms with Crippen molar-refractivity contribution in [1.29, 1.82) is 0 Å². The summed E-state index contributed by atoms with van der Waals surface area (Å²) in [6.45, 7) is 6.03. The van der Waals surface area contributed by atoms with Crippen LogP contribution in [0.1, 0.15) is 61.4 Å². The van der Waals surface area contributed by atoms with Crippen LogP contribution in [0.4, 0.5) is 4.39 Å². The van der Waals surface area contributed by atoms with Crippen LogP contribution in [-0.2, 0) is 10.0 Å². The third-order valence-electron chi connectivity index (χ3n) is 7.50. The smallest absolute Gasteiger partial charge is 0.255 e. The van der Waals surface area contributed by atoms with Gasteiger partial charge in [-0.1, -0.05) is 37.0 Å². The lowest BCUT2D eigenvalue weighted by Crippen LogP contribution is -2.62. The van der Waals surface area contributed by atoms with Crippen molar-refractivity contribution in [2.45, 2.75) is 50.7 Å². The van der Waals surface area contributed by atoms with Crippen LogP contribution >= 0.6 is 23.2 Å². The number of carbonyl (C=O) groups excluding carboxylic acids is 1. The summed E-state index contributed by atoms with van der Waals surface area (Å²) in [6.07, 6.45) is 3.01. The largest absolute Gasteiger partial charge is 0.454 e. The van der Waals surface area contributed by atoms with Crippen LogP contribution in [0.15, 0.2) is 30.3 Å². The maximum absolute atomic E-state index is 14.1. The predicted octanol–water partition coefficient (Wildman–Crippen LogP) is 6.08. The van der Waals surface area contributed by atoms with Crippen LogP contribution in [0.2, 0.25) is 10.0 Å². The molecule has 1 amide bonds. The van der Waals surface area contributed by atoms with Gasteiger partial charge in [0.15, 0.2) is 5.75 Å². The molecule has 3 aliphatic rings. The number of benzene rings is 2. The molecule has 5 rings (SSSR count). The monoisotopic (exact) mass is 554 g/mol. The Morgan fingerprint density at radius 1 is 1.11 bits per heavy atom. The first-order chi connectivity index (χ1) is 17.0. The average Bonchev–Trinajstić information content (AvgIpc) is 3.66. The van der Waals surface area contributed by atoms with Gasteiger partial charge in [-0.2, -0.15) is 0 Å². The summed E-state index contributed by atoms with van der Waals surface area (Å²) < 4.78 is 46.5. The molecule has 2 heterocycles. The number of piperidine rings is 1. The van der Waals surface area contributed by atoms with Crippen molar-refractivity contribution in [3.8, 4) is 11.5 Å². The van der Waals surface area contributed by atoms with E-state index in [1.165, 1.54) is 12.1 Å². The van der Waals surface area contributed by atoms with E-state index in [-0.39, 0.29) is 49.6 Å². The lowest BCUT2D eigenvalue weighted by atomic mass is 9.73. The van der Waals surface area contributed by atoms with Crippen molar-refractivity contribution in [3.63, 3.8) is 0 Å². The Bertz CT molecular complexity index is 1300. The SMILES string of the molecule is CC(C)c1cc(F)cc(Oc2c(Cl)ccc(C(=O)N3CCC4(CC3)CN(S(=O)(=O)C3CC3)C4)c2Cl)c1. The maximum atomic E-state index is 14.1. The van der Waals surface area contributed by atoms with Crippen molar-refractivity contribution in [1.82, 2.24) is 9.21 Å². The number of likely N-dealkylation sites (tertiary alicyclic amines) is 1. The molecule has 0 atom stereocenters. The molecule has 0 unspecified atom stereocenters. The van der Waals surface area contributed by atoms with Crippen LogP contribution in [-0.4, -0.2) is 55.0 Å². The van der Waals surface area contributed by atoms with Gasteiger partial charge in [-0.3, -0.25) is 4.79 Å². The van der Waals surface area contributed by atoms with Gasteiger partial charge in [-0.15, -0.1) is 0 Å². The van der Waals surface area contributed by atoms with Crippen molar-refractivity contribution in [2.24, 2.45) is 5.41 Å².